The van der Waals surface area contributed by atoms with Crippen molar-refractivity contribution in [2.75, 3.05) is 0 Å². The van der Waals surface area contributed by atoms with Crippen molar-refractivity contribution in [1.29, 1.82) is 0 Å². The molecule has 0 radical (unpaired) electrons. The summed E-state index contributed by atoms with van der Waals surface area (Å²) < 4.78 is 12.5. The number of nitrogens with zero attached hydrogens (tertiary/aromatic N) is 2. The number of furan rings is 1. The molecule has 5 heteroatoms. The molecule has 3 aromatic heterocycles. The van der Waals surface area contributed by atoms with Crippen LogP contribution >= 0.6 is 0 Å². The van der Waals surface area contributed by atoms with E-state index in [9.17, 15) is 0 Å². The van der Waals surface area contributed by atoms with Crippen molar-refractivity contribution in [3.8, 4) is 33.9 Å². The van der Waals surface area contributed by atoms with E-state index >= 15 is 0 Å². The summed E-state index contributed by atoms with van der Waals surface area (Å²) in [5.41, 5.74) is 9.16. The molecule has 8 rings (SSSR count). The van der Waals surface area contributed by atoms with Gasteiger partial charge in [-0.05, 0) is 68.9 Å². The monoisotopic (exact) mass is 791 g/mol. The number of fused-ring (bicyclic) bond motifs is 6. The molecule has 0 saturated heterocycles. The fourth-order valence-corrected chi connectivity index (χ4v) is 6.44. The summed E-state index contributed by atoms with van der Waals surface area (Å²) in [5.74, 6) is 2.00. The van der Waals surface area contributed by atoms with E-state index in [1.54, 1.807) is 0 Å². The van der Waals surface area contributed by atoms with Gasteiger partial charge in [0, 0.05) is 28.5 Å². The van der Waals surface area contributed by atoms with E-state index < -0.39 is 0 Å². The third kappa shape index (κ3) is 5.62. The first-order valence-corrected chi connectivity index (χ1v) is 15.8. The number of hydrogen-bond donors (Lipinski definition) is 0. The van der Waals surface area contributed by atoms with Crippen LogP contribution in [-0.2, 0) is 21.1 Å². The van der Waals surface area contributed by atoms with Crippen LogP contribution in [0.1, 0.15) is 50.7 Å². The summed E-state index contributed by atoms with van der Waals surface area (Å²) in [4.78, 5) is 9.68. The maximum Gasteiger partial charge on any atom is 2.00 e. The molecule has 5 aromatic carbocycles. The Morgan fingerprint density at radius 1 is 0.681 bits per heavy atom. The molecule has 0 bridgehead atoms. The Labute approximate surface area is 288 Å². The number of rotatable bonds is 6. The van der Waals surface area contributed by atoms with Gasteiger partial charge in [0.1, 0.15) is 5.58 Å². The molecule has 0 aliphatic heterocycles. The second-order valence-electron chi connectivity index (χ2n) is 12.4. The number of aromatic nitrogens is 2. The fraction of sp³-hybridized carbons (Fsp3) is 0.143. The molecule has 8 aromatic rings. The number of benzene rings is 5. The number of pyridine rings is 2. The van der Waals surface area contributed by atoms with Gasteiger partial charge in [-0.1, -0.05) is 94.4 Å². The molecule has 0 spiro atoms. The summed E-state index contributed by atoms with van der Waals surface area (Å²) in [6, 6.07) is 42.1. The van der Waals surface area contributed by atoms with Crippen molar-refractivity contribution in [3.63, 3.8) is 0 Å². The zero-order chi connectivity index (χ0) is 31.4. The van der Waals surface area contributed by atoms with Gasteiger partial charge >= 0.3 is 21.1 Å². The minimum absolute atomic E-state index is 0. The van der Waals surface area contributed by atoms with Crippen LogP contribution in [0.4, 0.5) is 0 Å². The number of para-hydroxylation sites is 1. The van der Waals surface area contributed by atoms with E-state index in [0.717, 1.165) is 49.3 Å². The van der Waals surface area contributed by atoms with Crippen LogP contribution in [0.25, 0.3) is 66.1 Å². The van der Waals surface area contributed by atoms with Gasteiger partial charge in [0.05, 0.1) is 0 Å². The second-order valence-corrected chi connectivity index (χ2v) is 12.4. The largest absolute Gasteiger partial charge is 2.00 e. The van der Waals surface area contributed by atoms with E-state index in [1.165, 1.54) is 22.3 Å². The molecule has 232 valence electrons. The Bertz CT molecular complexity index is 2400. The molecule has 0 atom stereocenters. The van der Waals surface area contributed by atoms with Gasteiger partial charge in [-0.3, -0.25) is 4.98 Å². The van der Waals surface area contributed by atoms with Crippen LogP contribution in [0.15, 0.2) is 114 Å². The molecular formula is C42H32N2O2Pt. The number of ether oxygens (including phenoxy) is 1. The summed E-state index contributed by atoms with van der Waals surface area (Å²) in [6.07, 6.45) is 1.89. The van der Waals surface area contributed by atoms with Crippen molar-refractivity contribution in [3.05, 3.63) is 133 Å². The molecule has 4 nitrogen and oxygen atoms in total. The predicted octanol–water partition coefficient (Wildman–Crippen LogP) is 11.7. The van der Waals surface area contributed by atoms with E-state index in [0.29, 0.717) is 29.0 Å². The van der Waals surface area contributed by atoms with Gasteiger partial charge in [0.25, 0.3) is 0 Å². The standard InChI is InChI=1S/C42H32N2O2.Pt/c1-25(2)33-12-8-13-34(26(3)4)40(33)29-19-20-43-38(23-29)28-9-7-10-31(21-28)45-32-18-17-27-15-16-30-22-37-35-11-5-6-14-39(35)46-42(37)44-41(30)36(27)24-32;/h5-20,22-23,25-26H,1-4H3;/q-2;+2. The Hall–Kier alpha value is -4.79. The molecule has 0 amide bonds. The molecule has 0 fully saturated rings. The van der Waals surface area contributed by atoms with E-state index in [2.05, 4.69) is 94.4 Å². The van der Waals surface area contributed by atoms with Crippen molar-refractivity contribution >= 4 is 43.7 Å². The maximum atomic E-state index is 6.36. The SMILES string of the molecule is CC(C)c1cccc(C(C)C)c1-c1ccnc(-c2[c-]c(Oc3[c-]c4c(cc3)ccc3cc5c(nc34)oc3ccccc35)ccc2)c1.[Pt+2]. The van der Waals surface area contributed by atoms with Gasteiger partial charge < -0.3 is 14.1 Å². The van der Waals surface area contributed by atoms with Crippen LogP contribution in [-0.4, -0.2) is 9.97 Å². The molecule has 0 aliphatic rings. The van der Waals surface area contributed by atoms with Crippen LogP contribution in [0, 0.1) is 12.1 Å². The van der Waals surface area contributed by atoms with Crippen molar-refractivity contribution in [2.24, 2.45) is 0 Å². The first kappa shape index (κ1) is 30.8. The third-order valence-corrected chi connectivity index (χ3v) is 8.72. The minimum atomic E-state index is 0. The summed E-state index contributed by atoms with van der Waals surface area (Å²) in [7, 11) is 0. The Kier molecular flexibility index (Phi) is 8.16. The quantitative estimate of drug-likeness (QED) is 0.124. The average molecular weight is 792 g/mol. The first-order valence-electron chi connectivity index (χ1n) is 15.8. The predicted molar refractivity (Wildman–Crippen MR) is 188 cm³/mol. The fourth-order valence-electron chi connectivity index (χ4n) is 6.44. The van der Waals surface area contributed by atoms with Gasteiger partial charge in [-0.2, -0.15) is 0 Å². The summed E-state index contributed by atoms with van der Waals surface area (Å²) in [5, 5.41) is 5.01. The maximum absolute atomic E-state index is 6.36. The molecule has 47 heavy (non-hydrogen) atoms. The minimum Gasteiger partial charge on any atom is -0.497 e. The van der Waals surface area contributed by atoms with Crippen LogP contribution in [0.3, 0.4) is 0 Å². The van der Waals surface area contributed by atoms with Gasteiger partial charge in [0.2, 0.25) is 5.71 Å². The van der Waals surface area contributed by atoms with Crippen LogP contribution in [0.5, 0.6) is 11.5 Å². The van der Waals surface area contributed by atoms with Gasteiger partial charge in [-0.25, -0.2) is 0 Å². The third-order valence-electron chi connectivity index (χ3n) is 8.72. The topological polar surface area (TPSA) is 48.2 Å². The van der Waals surface area contributed by atoms with Crippen molar-refractivity contribution < 1.29 is 30.2 Å². The molecule has 0 N–H and O–H groups in total. The first-order chi connectivity index (χ1) is 22.4. The van der Waals surface area contributed by atoms with E-state index in [-0.39, 0.29) is 21.1 Å². The molecule has 3 heterocycles. The van der Waals surface area contributed by atoms with Gasteiger partial charge in [0.15, 0.2) is 0 Å². The molecule has 0 saturated carbocycles. The van der Waals surface area contributed by atoms with Crippen molar-refractivity contribution in [1.82, 2.24) is 9.97 Å². The van der Waals surface area contributed by atoms with Crippen molar-refractivity contribution in [2.45, 2.75) is 39.5 Å². The Balaban J connectivity index is 0.00000351. The zero-order valence-electron chi connectivity index (χ0n) is 26.6. The Morgan fingerprint density at radius 2 is 1.40 bits per heavy atom. The molecule has 0 unspecified atom stereocenters. The van der Waals surface area contributed by atoms with Crippen LogP contribution < -0.4 is 4.74 Å². The molecular weight excluding hydrogens is 760 g/mol. The van der Waals surface area contributed by atoms with Gasteiger partial charge in [-0.15, -0.1) is 46.7 Å². The smallest absolute Gasteiger partial charge is 0.497 e. The average Bonchev–Trinajstić information content (AvgIpc) is 3.44. The zero-order valence-corrected chi connectivity index (χ0v) is 28.8. The van der Waals surface area contributed by atoms with E-state index in [4.69, 9.17) is 19.1 Å². The van der Waals surface area contributed by atoms with Crippen LogP contribution in [0.2, 0.25) is 0 Å². The number of hydrogen-bond acceptors (Lipinski definition) is 4. The second kappa shape index (κ2) is 12.4. The normalized spacial score (nSPS) is 11.6. The van der Waals surface area contributed by atoms with E-state index in [1.807, 2.05) is 54.7 Å². The summed E-state index contributed by atoms with van der Waals surface area (Å²) in [6.45, 7) is 9.01. The Morgan fingerprint density at radius 3 is 2.21 bits per heavy atom. The molecule has 0 aliphatic carbocycles. The summed E-state index contributed by atoms with van der Waals surface area (Å²) >= 11 is 0.